The van der Waals surface area contributed by atoms with E-state index in [-0.39, 0.29) is 11.9 Å². The minimum absolute atomic E-state index is 0.188. The Kier molecular flexibility index (Phi) is 3.66. The fourth-order valence-electron chi connectivity index (χ4n) is 1.93. The molecule has 2 rings (SSSR count). The van der Waals surface area contributed by atoms with Crippen LogP contribution in [0.2, 0.25) is 0 Å². The zero-order valence-corrected chi connectivity index (χ0v) is 9.40. The molecule has 0 aliphatic carbocycles. The highest BCUT2D eigenvalue weighted by Gasteiger charge is 2.18. The summed E-state index contributed by atoms with van der Waals surface area (Å²) in [7, 11) is 1.82. The van der Waals surface area contributed by atoms with E-state index in [1.165, 1.54) is 18.9 Å². The molecular formula is C11H16FN3O. The molecular weight excluding hydrogens is 209 g/mol. The molecule has 1 aromatic rings. The summed E-state index contributed by atoms with van der Waals surface area (Å²) in [6, 6.07) is 0. The maximum absolute atomic E-state index is 13.4. The molecule has 1 saturated heterocycles. The highest BCUT2D eigenvalue weighted by molar-refractivity contribution is 5.37. The maximum atomic E-state index is 13.4. The largest absolute Gasteiger partial charge is 0.376 e. The van der Waals surface area contributed by atoms with Gasteiger partial charge in [-0.1, -0.05) is 0 Å². The smallest absolute Gasteiger partial charge is 0.183 e. The number of anilines is 1. The Labute approximate surface area is 94.5 Å². The van der Waals surface area contributed by atoms with Gasteiger partial charge in [0.1, 0.15) is 6.33 Å². The average Bonchev–Trinajstić information content (AvgIpc) is 2.31. The summed E-state index contributed by atoms with van der Waals surface area (Å²) in [6.45, 7) is 1.48. The first-order valence-electron chi connectivity index (χ1n) is 5.55. The van der Waals surface area contributed by atoms with Gasteiger partial charge in [0.15, 0.2) is 11.6 Å². The molecule has 0 spiro atoms. The van der Waals surface area contributed by atoms with Gasteiger partial charge in [-0.15, -0.1) is 0 Å². The molecule has 0 radical (unpaired) electrons. The molecule has 4 nitrogen and oxygen atoms in total. The number of hydrogen-bond acceptors (Lipinski definition) is 4. The fraction of sp³-hybridized carbons (Fsp3) is 0.636. The van der Waals surface area contributed by atoms with Gasteiger partial charge in [0, 0.05) is 20.2 Å². The zero-order valence-electron chi connectivity index (χ0n) is 9.40. The van der Waals surface area contributed by atoms with Gasteiger partial charge in [-0.25, -0.2) is 14.4 Å². The van der Waals surface area contributed by atoms with Crippen LogP contribution < -0.4 is 4.90 Å². The number of halogens is 1. The second kappa shape index (κ2) is 5.21. The number of hydrogen-bond donors (Lipinski definition) is 0. The quantitative estimate of drug-likeness (QED) is 0.783. The molecule has 1 fully saturated rings. The van der Waals surface area contributed by atoms with E-state index in [1.807, 2.05) is 7.05 Å². The van der Waals surface area contributed by atoms with Crippen molar-refractivity contribution in [3.05, 3.63) is 18.3 Å². The van der Waals surface area contributed by atoms with E-state index < -0.39 is 0 Å². The van der Waals surface area contributed by atoms with Gasteiger partial charge in [0.05, 0.1) is 12.3 Å². The summed E-state index contributed by atoms with van der Waals surface area (Å²) in [5, 5.41) is 0. The second-order valence-electron chi connectivity index (χ2n) is 4.06. The summed E-state index contributed by atoms with van der Waals surface area (Å²) >= 11 is 0. The van der Waals surface area contributed by atoms with Gasteiger partial charge in [0.2, 0.25) is 0 Å². The Balaban J connectivity index is 1.96. The Bertz CT molecular complexity index is 342. The third kappa shape index (κ3) is 2.66. The van der Waals surface area contributed by atoms with Crippen molar-refractivity contribution in [2.45, 2.75) is 25.4 Å². The lowest BCUT2D eigenvalue weighted by atomic mass is 10.1. The monoisotopic (exact) mass is 225 g/mol. The summed E-state index contributed by atoms with van der Waals surface area (Å²) in [6.07, 6.45) is 6.08. The molecule has 0 amide bonds. The molecule has 1 unspecified atom stereocenters. The fourth-order valence-corrected chi connectivity index (χ4v) is 1.93. The Morgan fingerprint density at radius 2 is 2.44 bits per heavy atom. The van der Waals surface area contributed by atoms with Gasteiger partial charge in [-0.05, 0) is 19.3 Å². The molecule has 2 heterocycles. The number of ether oxygens (including phenoxy) is 1. The number of likely N-dealkylation sites (N-methyl/N-ethyl adjacent to an activating group) is 1. The van der Waals surface area contributed by atoms with E-state index in [0.717, 1.165) is 19.4 Å². The van der Waals surface area contributed by atoms with Crippen LogP contribution in [0.25, 0.3) is 0 Å². The van der Waals surface area contributed by atoms with Crippen molar-refractivity contribution in [2.24, 2.45) is 0 Å². The van der Waals surface area contributed by atoms with E-state index in [2.05, 4.69) is 9.97 Å². The third-order valence-corrected chi connectivity index (χ3v) is 2.76. The van der Waals surface area contributed by atoms with Crippen molar-refractivity contribution in [1.29, 1.82) is 0 Å². The lowest BCUT2D eigenvalue weighted by Crippen LogP contribution is -2.34. The average molecular weight is 225 g/mol. The van der Waals surface area contributed by atoms with Crippen LogP contribution in [0.1, 0.15) is 19.3 Å². The first-order valence-corrected chi connectivity index (χ1v) is 5.55. The van der Waals surface area contributed by atoms with E-state index in [1.54, 1.807) is 4.90 Å². The van der Waals surface area contributed by atoms with Crippen molar-refractivity contribution in [3.8, 4) is 0 Å². The highest BCUT2D eigenvalue weighted by atomic mass is 19.1. The molecule has 0 saturated carbocycles. The van der Waals surface area contributed by atoms with Crippen molar-refractivity contribution in [3.63, 3.8) is 0 Å². The van der Waals surface area contributed by atoms with Crippen LogP contribution >= 0.6 is 0 Å². The van der Waals surface area contributed by atoms with Gasteiger partial charge in [-0.3, -0.25) is 0 Å². The van der Waals surface area contributed by atoms with Gasteiger partial charge >= 0.3 is 0 Å². The van der Waals surface area contributed by atoms with Gasteiger partial charge < -0.3 is 9.64 Å². The SMILES string of the molecule is CN(CC1CCCCO1)c1ncncc1F. The molecule has 88 valence electrons. The maximum Gasteiger partial charge on any atom is 0.183 e. The first kappa shape index (κ1) is 11.3. The molecule has 16 heavy (non-hydrogen) atoms. The zero-order chi connectivity index (χ0) is 11.4. The minimum Gasteiger partial charge on any atom is -0.376 e. The second-order valence-corrected chi connectivity index (χ2v) is 4.06. The molecule has 5 heteroatoms. The van der Waals surface area contributed by atoms with Crippen LogP contribution in [0.5, 0.6) is 0 Å². The van der Waals surface area contributed by atoms with Gasteiger partial charge in [-0.2, -0.15) is 0 Å². The molecule has 0 bridgehead atoms. The van der Waals surface area contributed by atoms with Crippen molar-refractivity contribution in [2.75, 3.05) is 25.1 Å². The lowest BCUT2D eigenvalue weighted by molar-refractivity contribution is 0.0214. The molecule has 1 atom stereocenters. The lowest BCUT2D eigenvalue weighted by Gasteiger charge is -2.27. The Morgan fingerprint density at radius 1 is 1.56 bits per heavy atom. The standard InChI is InChI=1S/C11H16FN3O/c1-15(7-9-4-2-3-5-16-9)11-10(12)6-13-8-14-11/h6,8-9H,2-5,7H2,1H3. The third-order valence-electron chi connectivity index (χ3n) is 2.76. The summed E-state index contributed by atoms with van der Waals surface area (Å²) in [4.78, 5) is 9.34. The van der Waals surface area contributed by atoms with Crippen LogP contribution in [0, 0.1) is 5.82 Å². The number of aromatic nitrogens is 2. The highest BCUT2D eigenvalue weighted by Crippen LogP contribution is 2.17. The van der Waals surface area contributed by atoms with Crippen molar-refractivity contribution in [1.82, 2.24) is 9.97 Å². The Hall–Kier alpha value is -1.23. The summed E-state index contributed by atoms with van der Waals surface area (Å²) in [5.41, 5.74) is 0. The van der Waals surface area contributed by atoms with Crippen LogP contribution in [0.3, 0.4) is 0 Å². The van der Waals surface area contributed by atoms with E-state index >= 15 is 0 Å². The Morgan fingerprint density at radius 3 is 3.12 bits per heavy atom. The van der Waals surface area contributed by atoms with E-state index in [0.29, 0.717) is 12.4 Å². The minimum atomic E-state index is -0.388. The van der Waals surface area contributed by atoms with E-state index in [9.17, 15) is 4.39 Å². The molecule has 0 N–H and O–H groups in total. The van der Waals surface area contributed by atoms with Crippen molar-refractivity contribution < 1.29 is 9.13 Å². The predicted octanol–water partition coefficient (Wildman–Crippen LogP) is 1.62. The normalized spacial score (nSPS) is 20.8. The van der Waals surface area contributed by atoms with Crippen LogP contribution in [-0.2, 0) is 4.74 Å². The van der Waals surface area contributed by atoms with Crippen LogP contribution in [0.4, 0.5) is 10.2 Å². The number of rotatable bonds is 3. The first-order chi connectivity index (χ1) is 7.77. The van der Waals surface area contributed by atoms with Gasteiger partial charge in [0.25, 0.3) is 0 Å². The molecule has 1 aliphatic rings. The van der Waals surface area contributed by atoms with E-state index in [4.69, 9.17) is 4.74 Å². The molecule has 1 aliphatic heterocycles. The topological polar surface area (TPSA) is 38.2 Å². The summed E-state index contributed by atoms with van der Waals surface area (Å²) < 4.78 is 19.0. The van der Waals surface area contributed by atoms with Crippen LogP contribution in [0.15, 0.2) is 12.5 Å². The summed E-state index contributed by atoms with van der Waals surface area (Å²) in [5.74, 6) is -0.0509. The number of nitrogens with zero attached hydrogens (tertiary/aromatic N) is 3. The molecule has 0 aromatic carbocycles. The predicted molar refractivity (Wildman–Crippen MR) is 58.9 cm³/mol. The molecule has 1 aromatic heterocycles. The van der Waals surface area contributed by atoms with Crippen LogP contribution in [-0.4, -0.2) is 36.3 Å². The van der Waals surface area contributed by atoms with Crippen molar-refractivity contribution >= 4 is 5.82 Å².